The van der Waals surface area contributed by atoms with E-state index < -0.39 is 15.8 Å². The molecule has 0 aromatic heterocycles. The molecule has 1 fully saturated rings. The lowest BCUT2D eigenvalue weighted by Gasteiger charge is -2.24. The first-order chi connectivity index (χ1) is 11.0. The van der Waals surface area contributed by atoms with Gasteiger partial charge in [0.2, 0.25) is 10.0 Å². The van der Waals surface area contributed by atoms with Crippen molar-refractivity contribution in [3.05, 3.63) is 59.9 Å². The van der Waals surface area contributed by atoms with Gasteiger partial charge >= 0.3 is 0 Å². The molecule has 3 rings (SSSR count). The molecule has 1 heterocycles. The molecule has 0 spiro atoms. The van der Waals surface area contributed by atoms with Gasteiger partial charge in [0.1, 0.15) is 11.6 Å². The normalized spacial score (nSPS) is 19.0. The Balaban J connectivity index is 1.92. The van der Waals surface area contributed by atoms with Crippen LogP contribution in [-0.4, -0.2) is 26.4 Å². The highest BCUT2D eigenvalue weighted by molar-refractivity contribution is 7.89. The molecule has 1 saturated heterocycles. The summed E-state index contributed by atoms with van der Waals surface area (Å²) < 4.78 is 45.3. The number of sulfonamides is 1. The SMILES string of the molecule is COc1ccc([C@@H]2CCCN2S(=O)(=O)c2ccc(F)cc2)cc1. The highest BCUT2D eigenvalue weighted by atomic mass is 32.2. The first-order valence-electron chi connectivity index (χ1n) is 7.44. The van der Waals surface area contributed by atoms with Crippen LogP contribution in [0.3, 0.4) is 0 Å². The first-order valence-corrected chi connectivity index (χ1v) is 8.88. The molecule has 2 aromatic rings. The average Bonchev–Trinajstić information content (AvgIpc) is 3.06. The van der Waals surface area contributed by atoms with Crippen LogP contribution in [0.5, 0.6) is 5.75 Å². The van der Waals surface area contributed by atoms with Crippen LogP contribution in [0.4, 0.5) is 4.39 Å². The predicted octanol–water partition coefficient (Wildman–Crippen LogP) is 3.36. The first kappa shape index (κ1) is 16.0. The Morgan fingerprint density at radius 3 is 2.35 bits per heavy atom. The number of hydrogen-bond donors (Lipinski definition) is 0. The maximum atomic E-state index is 13.0. The Morgan fingerprint density at radius 1 is 1.09 bits per heavy atom. The molecule has 6 heteroatoms. The molecule has 23 heavy (non-hydrogen) atoms. The Morgan fingerprint density at radius 2 is 1.74 bits per heavy atom. The van der Waals surface area contributed by atoms with Gasteiger partial charge in [0.05, 0.1) is 18.0 Å². The monoisotopic (exact) mass is 335 g/mol. The summed E-state index contributed by atoms with van der Waals surface area (Å²) in [4.78, 5) is 0.124. The largest absolute Gasteiger partial charge is 0.497 e. The summed E-state index contributed by atoms with van der Waals surface area (Å²) in [5.41, 5.74) is 0.939. The maximum Gasteiger partial charge on any atom is 0.243 e. The minimum atomic E-state index is -3.63. The predicted molar refractivity (Wildman–Crippen MR) is 85.3 cm³/mol. The van der Waals surface area contributed by atoms with Crippen LogP contribution < -0.4 is 4.74 Å². The fourth-order valence-electron chi connectivity index (χ4n) is 2.93. The van der Waals surface area contributed by atoms with Crippen molar-refractivity contribution < 1.29 is 17.5 Å². The van der Waals surface area contributed by atoms with Crippen LogP contribution in [0.2, 0.25) is 0 Å². The summed E-state index contributed by atoms with van der Waals surface area (Å²) in [6, 6.07) is 12.2. The zero-order chi connectivity index (χ0) is 16.4. The van der Waals surface area contributed by atoms with Crippen molar-refractivity contribution in [3.8, 4) is 5.75 Å². The Labute approximate surface area is 135 Å². The van der Waals surface area contributed by atoms with Gasteiger partial charge in [0, 0.05) is 6.54 Å². The molecule has 1 atom stereocenters. The number of ether oxygens (including phenoxy) is 1. The van der Waals surface area contributed by atoms with Gasteiger partial charge in [-0.3, -0.25) is 0 Å². The Bertz CT molecular complexity index is 772. The van der Waals surface area contributed by atoms with Gasteiger partial charge in [0.15, 0.2) is 0 Å². The molecule has 0 saturated carbocycles. The molecular formula is C17H18FNO3S. The minimum absolute atomic E-state index is 0.124. The van der Waals surface area contributed by atoms with E-state index in [-0.39, 0.29) is 10.9 Å². The number of methoxy groups -OCH3 is 1. The van der Waals surface area contributed by atoms with Crippen LogP contribution in [0.15, 0.2) is 53.4 Å². The van der Waals surface area contributed by atoms with Crippen molar-refractivity contribution in [2.24, 2.45) is 0 Å². The van der Waals surface area contributed by atoms with Crippen LogP contribution >= 0.6 is 0 Å². The molecule has 0 amide bonds. The van der Waals surface area contributed by atoms with Crippen molar-refractivity contribution in [3.63, 3.8) is 0 Å². The van der Waals surface area contributed by atoms with E-state index in [0.717, 1.165) is 24.2 Å². The zero-order valence-electron chi connectivity index (χ0n) is 12.8. The van der Waals surface area contributed by atoms with Crippen molar-refractivity contribution in [1.29, 1.82) is 0 Å². The van der Waals surface area contributed by atoms with Gasteiger partial charge in [-0.15, -0.1) is 0 Å². The summed E-state index contributed by atoms with van der Waals surface area (Å²) in [6.45, 7) is 0.469. The van der Waals surface area contributed by atoms with Gasteiger partial charge in [-0.25, -0.2) is 12.8 Å². The summed E-state index contributed by atoms with van der Waals surface area (Å²) in [5, 5.41) is 0. The van der Waals surface area contributed by atoms with E-state index in [1.807, 2.05) is 24.3 Å². The lowest BCUT2D eigenvalue weighted by molar-refractivity contribution is 0.394. The van der Waals surface area contributed by atoms with Gasteiger partial charge in [0.25, 0.3) is 0 Å². The van der Waals surface area contributed by atoms with Crippen LogP contribution in [0.1, 0.15) is 24.4 Å². The van der Waals surface area contributed by atoms with Crippen molar-refractivity contribution in [2.45, 2.75) is 23.8 Å². The summed E-state index contributed by atoms with van der Waals surface area (Å²) in [6.07, 6.45) is 1.57. The number of nitrogens with zero attached hydrogens (tertiary/aromatic N) is 1. The summed E-state index contributed by atoms with van der Waals surface area (Å²) in [7, 11) is -2.04. The standard InChI is InChI=1S/C17H18FNO3S/c1-22-15-8-4-13(5-9-15)17-3-2-12-19(17)23(20,21)16-10-6-14(18)7-11-16/h4-11,17H,2-3,12H2,1H3/t17-/m0/s1. The van der Waals surface area contributed by atoms with Crippen LogP contribution in [-0.2, 0) is 10.0 Å². The number of rotatable bonds is 4. The topological polar surface area (TPSA) is 46.6 Å². The lowest BCUT2D eigenvalue weighted by Crippen LogP contribution is -2.30. The van der Waals surface area contributed by atoms with E-state index in [9.17, 15) is 12.8 Å². The van der Waals surface area contributed by atoms with E-state index in [4.69, 9.17) is 4.74 Å². The number of benzene rings is 2. The van der Waals surface area contributed by atoms with Crippen molar-refractivity contribution in [2.75, 3.05) is 13.7 Å². The third-order valence-electron chi connectivity index (χ3n) is 4.12. The quantitative estimate of drug-likeness (QED) is 0.861. The highest BCUT2D eigenvalue weighted by Crippen LogP contribution is 2.37. The Kier molecular flexibility index (Phi) is 4.37. The molecule has 4 nitrogen and oxygen atoms in total. The second-order valence-electron chi connectivity index (χ2n) is 5.50. The highest BCUT2D eigenvalue weighted by Gasteiger charge is 2.36. The van der Waals surface area contributed by atoms with Gasteiger partial charge in [-0.05, 0) is 54.8 Å². The fourth-order valence-corrected chi connectivity index (χ4v) is 4.61. The van der Waals surface area contributed by atoms with Gasteiger partial charge < -0.3 is 4.74 Å². The second kappa shape index (κ2) is 6.29. The van der Waals surface area contributed by atoms with E-state index in [0.29, 0.717) is 6.54 Å². The number of hydrogen-bond acceptors (Lipinski definition) is 3. The second-order valence-corrected chi connectivity index (χ2v) is 7.39. The molecule has 1 aliphatic heterocycles. The molecular weight excluding hydrogens is 317 g/mol. The third-order valence-corrected chi connectivity index (χ3v) is 6.05. The molecule has 0 bridgehead atoms. The van der Waals surface area contributed by atoms with Gasteiger partial charge in [-0.1, -0.05) is 12.1 Å². The lowest BCUT2D eigenvalue weighted by atomic mass is 10.1. The molecule has 0 N–H and O–H groups in total. The maximum absolute atomic E-state index is 13.0. The molecule has 0 radical (unpaired) electrons. The zero-order valence-corrected chi connectivity index (χ0v) is 13.6. The molecule has 122 valence electrons. The van der Waals surface area contributed by atoms with E-state index >= 15 is 0 Å². The molecule has 1 aliphatic rings. The van der Waals surface area contributed by atoms with Crippen LogP contribution in [0.25, 0.3) is 0 Å². The van der Waals surface area contributed by atoms with E-state index in [1.54, 1.807) is 7.11 Å². The molecule has 2 aromatic carbocycles. The van der Waals surface area contributed by atoms with Crippen molar-refractivity contribution >= 4 is 10.0 Å². The average molecular weight is 335 g/mol. The summed E-state index contributed by atoms with van der Waals surface area (Å²) in [5.74, 6) is 0.289. The van der Waals surface area contributed by atoms with E-state index in [2.05, 4.69) is 0 Å². The van der Waals surface area contributed by atoms with E-state index in [1.165, 1.54) is 28.6 Å². The van der Waals surface area contributed by atoms with Crippen LogP contribution in [0, 0.1) is 5.82 Å². The third kappa shape index (κ3) is 3.09. The minimum Gasteiger partial charge on any atom is -0.497 e. The van der Waals surface area contributed by atoms with Crippen molar-refractivity contribution in [1.82, 2.24) is 4.31 Å². The summed E-state index contributed by atoms with van der Waals surface area (Å²) >= 11 is 0. The molecule has 0 aliphatic carbocycles. The fraction of sp³-hybridized carbons (Fsp3) is 0.294. The van der Waals surface area contributed by atoms with Gasteiger partial charge in [-0.2, -0.15) is 4.31 Å². The molecule has 0 unspecified atom stereocenters. The Hall–Kier alpha value is -1.92. The smallest absolute Gasteiger partial charge is 0.243 e. The number of halogens is 1.